The molecule has 0 saturated carbocycles. The summed E-state index contributed by atoms with van der Waals surface area (Å²) in [5, 5.41) is 3.27. The van der Waals surface area contributed by atoms with Gasteiger partial charge in [0.15, 0.2) is 0 Å². The highest BCUT2D eigenvalue weighted by Gasteiger charge is 2.10. The molecule has 5 heteroatoms. The topological polar surface area (TPSA) is 58.2 Å². The molecular formula is C15H26N2O2S. The Balaban J connectivity index is 2.39. The van der Waals surface area contributed by atoms with Crippen LogP contribution in [0.4, 0.5) is 5.69 Å². The maximum Gasteiger partial charge on any atom is 0.232 e. The molecule has 0 heterocycles. The van der Waals surface area contributed by atoms with Gasteiger partial charge in [0.25, 0.3) is 0 Å². The number of aryl methyl sites for hydroxylation is 2. The second-order valence-corrected chi connectivity index (χ2v) is 7.02. The summed E-state index contributed by atoms with van der Waals surface area (Å²) >= 11 is 0. The average molecular weight is 298 g/mol. The normalized spacial score (nSPS) is 11.6. The summed E-state index contributed by atoms with van der Waals surface area (Å²) in [6, 6.07) is 5.61. The Labute approximate surface area is 123 Å². The third-order valence-corrected chi connectivity index (χ3v) is 4.60. The summed E-state index contributed by atoms with van der Waals surface area (Å²) in [6.07, 6.45) is 2.66. The van der Waals surface area contributed by atoms with Crippen LogP contribution >= 0.6 is 0 Å². The van der Waals surface area contributed by atoms with Crippen molar-refractivity contribution in [1.82, 2.24) is 5.32 Å². The molecule has 1 aromatic carbocycles. The first-order valence-corrected chi connectivity index (χ1v) is 8.88. The number of hydrogen-bond donors (Lipinski definition) is 2. The Morgan fingerprint density at radius 3 is 2.45 bits per heavy atom. The minimum atomic E-state index is -3.23. The van der Waals surface area contributed by atoms with E-state index >= 15 is 0 Å². The highest BCUT2D eigenvalue weighted by molar-refractivity contribution is 7.92. The van der Waals surface area contributed by atoms with E-state index in [1.165, 1.54) is 0 Å². The largest absolute Gasteiger partial charge is 0.317 e. The van der Waals surface area contributed by atoms with E-state index in [1.807, 2.05) is 32.0 Å². The number of unbranched alkanes of at least 4 members (excludes halogenated alkanes) is 1. The molecular weight excluding hydrogens is 272 g/mol. The lowest BCUT2D eigenvalue weighted by Gasteiger charge is -2.10. The molecule has 0 radical (unpaired) electrons. The van der Waals surface area contributed by atoms with E-state index < -0.39 is 10.0 Å². The first kappa shape index (κ1) is 17.0. The third kappa shape index (κ3) is 6.39. The number of sulfonamides is 1. The van der Waals surface area contributed by atoms with Crippen LogP contribution in [0.25, 0.3) is 0 Å². The van der Waals surface area contributed by atoms with Crippen LogP contribution in [0, 0.1) is 13.8 Å². The van der Waals surface area contributed by atoms with Gasteiger partial charge in [0.1, 0.15) is 0 Å². The SMILES string of the molecule is CCCNCCCCS(=O)(=O)Nc1ccc(C)c(C)c1. The maximum atomic E-state index is 12.0. The van der Waals surface area contributed by atoms with Gasteiger partial charge in [-0.3, -0.25) is 4.72 Å². The van der Waals surface area contributed by atoms with Crippen molar-refractivity contribution in [1.29, 1.82) is 0 Å². The van der Waals surface area contributed by atoms with Crippen molar-refractivity contribution in [2.24, 2.45) is 0 Å². The summed E-state index contributed by atoms with van der Waals surface area (Å²) in [4.78, 5) is 0. The van der Waals surface area contributed by atoms with Crippen molar-refractivity contribution >= 4 is 15.7 Å². The molecule has 0 amide bonds. The molecule has 0 aliphatic carbocycles. The summed E-state index contributed by atoms with van der Waals surface area (Å²) in [5.74, 6) is 0.174. The van der Waals surface area contributed by atoms with Crippen LogP contribution in [-0.4, -0.2) is 27.3 Å². The molecule has 0 aliphatic heterocycles. The van der Waals surface area contributed by atoms with E-state index in [9.17, 15) is 8.42 Å². The molecule has 114 valence electrons. The molecule has 0 spiro atoms. The predicted molar refractivity (Wildman–Crippen MR) is 85.7 cm³/mol. The van der Waals surface area contributed by atoms with Crippen molar-refractivity contribution < 1.29 is 8.42 Å². The first-order valence-electron chi connectivity index (χ1n) is 7.23. The highest BCUT2D eigenvalue weighted by atomic mass is 32.2. The van der Waals surface area contributed by atoms with Gasteiger partial charge in [-0.25, -0.2) is 8.42 Å². The van der Waals surface area contributed by atoms with E-state index in [0.717, 1.165) is 37.1 Å². The molecule has 0 unspecified atom stereocenters. The van der Waals surface area contributed by atoms with Crippen molar-refractivity contribution in [3.05, 3.63) is 29.3 Å². The molecule has 0 saturated heterocycles. The fourth-order valence-corrected chi connectivity index (χ4v) is 3.05. The summed E-state index contributed by atoms with van der Waals surface area (Å²) < 4.78 is 26.5. The van der Waals surface area contributed by atoms with Crippen LogP contribution in [0.1, 0.15) is 37.3 Å². The van der Waals surface area contributed by atoms with E-state index in [1.54, 1.807) is 0 Å². The van der Waals surface area contributed by atoms with Crippen molar-refractivity contribution in [2.75, 3.05) is 23.6 Å². The molecule has 0 aliphatic rings. The number of rotatable bonds is 9. The van der Waals surface area contributed by atoms with Crippen LogP contribution in [0.5, 0.6) is 0 Å². The highest BCUT2D eigenvalue weighted by Crippen LogP contribution is 2.15. The molecule has 0 aromatic heterocycles. The summed E-state index contributed by atoms with van der Waals surface area (Å²) in [5.41, 5.74) is 2.90. The van der Waals surface area contributed by atoms with Gasteiger partial charge in [-0.2, -0.15) is 0 Å². The van der Waals surface area contributed by atoms with Gasteiger partial charge in [0.2, 0.25) is 10.0 Å². The zero-order chi connectivity index (χ0) is 15.0. The minimum Gasteiger partial charge on any atom is -0.317 e. The predicted octanol–water partition coefficient (Wildman–Crippen LogP) is 2.82. The standard InChI is InChI=1S/C15H26N2O2S/c1-4-9-16-10-5-6-11-20(18,19)17-15-8-7-13(2)14(3)12-15/h7-8,12,16-17H,4-6,9-11H2,1-3H3. The summed E-state index contributed by atoms with van der Waals surface area (Å²) in [6.45, 7) is 7.98. The molecule has 1 rings (SSSR count). The smallest absolute Gasteiger partial charge is 0.232 e. The molecule has 0 atom stereocenters. The van der Waals surface area contributed by atoms with E-state index in [2.05, 4.69) is 17.0 Å². The summed E-state index contributed by atoms with van der Waals surface area (Å²) in [7, 11) is -3.23. The van der Waals surface area contributed by atoms with Crippen LogP contribution in [0.3, 0.4) is 0 Å². The van der Waals surface area contributed by atoms with Crippen LogP contribution in [-0.2, 0) is 10.0 Å². The zero-order valence-electron chi connectivity index (χ0n) is 12.7. The van der Waals surface area contributed by atoms with E-state index in [4.69, 9.17) is 0 Å². The van der Waals surface area contributed by atoms with Crippen LogP contribution in [0.2, 0.25) is 0 Å². The number of hydrogen-bond acceptors (Lipinski definition) is 3. The Kier molecular flexibility index (Phi) is 7.02. The quantitative estimate of drug-likeness (QED) is 0.689. The lowest BCUT2D eigenvalue weighted by molar-refractivity contribution is 0.590. The fourth-order valence-electron chi connectivity index (χ4n) is 1.88. The third-order valence-electron chi connectivity index (χ3n) is 3.22. The minimum absolute atomic E-state index is 0.174. The van der Waals surface area contributed by atoms with Crippen LogP contribution in [0.15, 0.2) is 18.2 Å². The monoisotopic (exact) mass is 298 g/mol. The second kappa shape index (κ2) is 8.27. The van der Waals surface area contributed by atoms with Crippen LogP contribution < -0.4 is 10.0 Å². The Morgan fingerprint density at radius 1 is 1.05 bits per heavy atom. The van der Waals surface area contributed by atoms with Gasteiger partial charge in [-0.05, 0) is 69.5 Å². The molecule has 20 heavy (non-hydrogen) atoms. The van der Waals surface area contributed by atoms with Gasteiger partial charge >= 0.3 is 0 Å². The Hall–Kier alpha value is -1.07. The van der Waals surface area contributed by atoms with Gasteiger partial charge in [0, 0.05) is 5.69 Å². The molecule has 1 aromatic rings. The van der Waals surface area contributed by atoms with Crippen molar-refractivity contribution in [3.8, 4) is 0 Å². The molecule has 2 N–H and O–H groups in total. The number of nitrogens with one attached hydrogen (secondary N) is 2. The molecule has 0 bridgehead atoms. The van der Waals surface area contributed by atoms with E-state index in [-0.39, 0.29) is 5.75 Å². The van der Waals surface area contributed by atoms with Gasteiger partial charge in [-0.1, -0.05) is 13.0 Å². The molecule has 0 fully saturated rings. The fraction of sp³-hybridized carbons (Fsp3) is 0.600. The lowest BCUT2D eigenvalue weighted by Crippen LogP contribution is -2.20. The average Bonchev–Trinajstić information content (AvgIpc) is 2.38. The van der Waals surface area contributed by atoms with Crippen molar-refractivity contribution in [2.45, 2.75) is 40.0 Å². The lowest BCUT2D eigenvalue weighted by atomic mass is 10.1. The van der Waals surface area contributed by atoms with Gasteiger partial charge in [0.05, 0.1) is 5.75 Å². The maximum absolute atomic E-state index is 12.0. The van der Waals surface area contributed by atoms with E-state index in [0.29, 0.717) is 12.1 Å². The Bertz CT molecular complexity index is 513. The molecule has 4 nitrogen and oxygen atoms in total. The van der Waals surface area contributed by atoms with Gasteiger partial charge in [-0.15, -0.1) is 0 Å². The van der Waals surface area contributed by atoms with Gasteiger partial charge < -0.3 is 5.32 Å². The number of anilines is 1. The first-order chi connectivity index (χ1) is 9.44. The van der Waals surface area contributed by atoms with Crippen molar-refractivity contribution in [3.63, 3.8) is 0 Å². The number of benzene rings is 1. The second-order valence-electron chi connectivity index (χ2n) is 5.18. The zero-order valence-corrected chi connectivity index (χ0v) is 13.5. The Morgan fingerprint density at radius 2 is 1.80 bits per heavy atom.